The molecule has 0 saturated heterocycles. The smallest absolute Gasteiger partial charge is 0.338 e. The monoisotopic (exact) mass is 336 g/mol. The first-order chi connectivity index (χ1) is 12.0. The number of nitrogens with one attached hydrogen (secondary N) is 2. The number of carbonyl (C=O) groups excluding carboxylic acids is 2. The van der Waals surface area contributed by atoms with Crippen LogP contribution in [0.3, 0.4) is 0 Å². The summed E-state index contributed by atoms with van der Waals surface area (Å²) < 4.78 is 5.46. The minimum absolute atomic E-state index is 0.186. The lowest BCUT2D eigenvalue weighted by Gasteiger charge is -2.28. The molecule has 0 fully saturated rings. The number of carbonyl (C=O) groups is 2. The lowest BCUT2D eigenvalue weighted by molar-refractivity contribution is -0.140. The maximum atomic E-state index is 12.7. The van der Waals surface area contributed by atoms with Crippen molar-refractivity contribution in [3.8, 4) is 0 Å². The molecule has 1 aliphatic rings. The van der Waals surface area contributed by atoms with Crippen molar-refractivity contribution in [3.63, 3.8) is 0 Å². The highest BCUT2D eigenvalue weighted by atomic mass is 16.5. The van der Waals surface area contributed by atoms with Crippen LogP contribution in [0.25, 0.3) is 0 Å². The first-order valence-electron chi connectivity index (χ1n) is 8.10. The van der Waals surface area contributed by atoms with Crippen molar-refractivity contribution in [2.75, 3.05) is 0 Å². The van der Waals surface area contributed by atoms with Crippen LogP contribution >= 0.6 is 0 Å². The van der Waals surface area contributed by atoms with E-state index in [1.165, 1.54) is 0 Å². The molecule has 0 spiro atoms. The Kier molecular flexibility index (Phi) is 4.84. The number of urea groups is 1. The highest BCUT2D eigenvalue weighted by molar-refractivity contribution is 5.95. The van der Waals surface area contributed by atoms with Crippen molar-refractivity contribution in [1.29, 1.82) is 0 Å². The summed E-state index contributed by atoms with van der Waals surface area (Å²) in [4.78, 5) is 24.5. The van der Waals surface area contributed by atoms with Gasteiger partial charge in [0.05, 0.1) is 11.6 Å². The predicted molar refractivity (Wildman–Crippen MR) is 94.5 cm³/mol. The van der Waals surface area contributed by atoms with E-state index in [4.69, 9.17) is 4.74 Å². The lowest BCUT2D eigenvalue weighted by atomic mass is 9.95. The van der Waals surface area contributed by atoms with Gasteiger partial charge in [-0.25, -0.2) is 9.59 Å². The molecule has 0 saturated carbocycles. The second-order valence-corrected chi connectivity index (χ2v) is 6.04. The molecule has 2 aromatic carbocycles. The topological polar surface area (TPSA) is 67.4 Å². The van der Waals surface area contributed by atoms with Crippen molar-refractivity contribution in [2.24, 2.45) is 0 Å². The lowest BCUT2D eigenvalue weighted by Crippen LogP contribution is -2.45. The minimum atomic E-state index is -0.530. The van der Waals surface area contributed by atoms with Crippen LogP contribution in [0, 0.1) is 6.92 Å². The van der Waals surface area contributed by atoms with Crippen LogP contribution in [-0.2, 0) is 16.1 Å². The SMILES string of the molecule is CC1=C(C(=O)OCc2ccccc2)[C@@H](c2ccc(C)cc2)NC(=O)N1. The molecule has 2 aromatic rings. The molecule has 1 atom stereocenters. The van der Waals surface area contributed by atoms with Crippen LogP contribution in [-0.4, -0.2) is 12.0 Å². The molecule has 2 amide bonds. The van der Waals surface area contributed by atoms with E-state index >= 15 is 0 Å². The number of esters is 1. The number of benzene rings is 2. The third-order valence-electron chi connectivity index (χ3n) is 4.11. The highest BCUT2D eigenvalue weighted by Gasteiger charge is 2.32. The number of allylic oxidation sites excluding steroid dienone is 1. The number of aryl methyl sites for hydroxylation is 1. The van der Waals surface area contributed by atoms with Gasteiger partial charge >= 0.3 is 12.0 Å². The van der Waals surface area contributed by atoms with E-state index in [2.05, 4.69) is 10.6 Å². The molecule has 0 radical (unpaired) electrons. The standard InChI is InChI=1S/C20H20N2O3/c1-13-8-10-16(11-9-13)18-17(14(2)21-20(24)22-18)19(23)25-12-15-6-4-3-5-7-15/h3-11,18H,12H2,1-2H3,(H2,21,22,24)/t18-/m1/s1. The Morgan fingerprint density at radius 1 is 1.04 bits per heavy atom. The van der Waals surface area contributed by atoms with E-state index < -0.39 is 12.0 Å². The van der Waals surface area contributed by atoms with Crippen LogP contribution in [0.4, 0.5) is 4.79 Å². The summed E-state index contributed by atoms with van der Waals surface area (Å²) in [7, 11) is 0. The molecule has 0 bridgehead atoms. The van der Waals surface area contributed by atoms with E-state index in [-0.39, 0.29) is 12.6 Å². The van der Waals surface area contributed by atoms with E-state index in [1.54, 1.807) is 6.92 Å². The number of amides is 2. The fraction of sp³-hybridized carbons (Fsp3) is 0.200. The molecule has 5 heteroatoms. The zero-order valence-electron chi connectivity index (χ0n) is 14.2. The van der Waals surface area contributed by atoms with E-state index in [9.17, 15) is 9.59 Å². The molecule has 1 aliphatic heterocycles. The van der Waals surface area contributed by atoms with Gasteiger partial charge in [0, 0.05) is 5.70 Å². The van der Waals surface area contributed by atoms with Gasteiger partial charge in [-0.2, -0.15) is 0 Å². The number of rotatable bonds is 4. The van der Waals surface area contributed by atoms with Gasteiger partial charge in [-0.05, 0) is 25.0 Å². The van der Waals surface area contributed by atoms with Crippen molar-refractivity contribution in [1.82, 2.24) is 10.6 Å². The molecule has 0 aromatic heterocycles. The zero-order valence-corrected chi connectivity index (χ0v) is 14.2. The van der Waals surface area contributed by atoms with E-state index in [0.29, 0.717) is 11.3 Å². The van der Waals surface area contributed by atoms with Crippen molar-refractivity contribution >= 4 is 12.0 Å². The highest BCUT2D eigenvalue weighted by Crippen LogP contribution is 2.28. The fourth-order valence-electron chi connectivity index (χ4n) is 2.77. The van der Waals surface area contributed by atoms with Gasteiger partial charge in [-0.15, -0.1) is 0 Å². The first kappa shape index (κ1) is 16.8. The summed E-state index contributed by atoms with van der Waals surface area (Å²) in [6.45, 7) is 3.88. The van der Waals surface area contributed by atoms with Gasteiger partial charge in [0.25, 0.3) is 0 Å². The quantitative estimate of drug-likeness (QED) is 0.841. The van der Waals surface area contributed by atoms with Crippen LogP contribution in [0.15, 0.2) is 65.9 Å². The van der Waals surface area contributed by atoms with Gasteiger partial charge < -0.3 is 15.4 Å². The Hall–Kier alpha value is -3.08. The van der Waals surface area contributed by atoms with Gasteiger partial charge in [0.1, 0.15) is 6.61 Å². The van der Waals surface area contributed by atoms with Crippen LogP contribution in [0.1, 0.15) is 29.7 Å². The van der Waals surface area contributed by atoms with Crippen molar-refractivity contribution < 1.29 is 14.3 Å². The summed E-state index contributed by atoms with van der Waals surface area (Å²) in [5.74, 6) is -0.445. The predicted octanol–water partition coefficient (Wildman–Crippen LogP) is 3.37. The Balaban J connectivity index is 1.84. The summed E-state index contributed by atoms with van der Waals surface area (Å²) >= 11 is 0. The maximum absolute atomic E-state index is 12.7. The summed E-state index contributed by atoms with van der Waals surface area (Å²) in [6, 6.07) is 16.3. The third-order valence-corrected chi connectivity index (χ3v) is 4.11. The fourth-order valence-corrected chi connectivity index (χ4v) is 2.77. The van der Waals surface area contributed by atoms with Crippen LogP contribution in [0.5, 0.6) is 0 Å². The zero-order chi connectivity index (χ0) is 17.8. The van der Waals surface area contributed by atoms with Gasteiger partial charge in [-0.3, -0.25) is 0 Å². The third kappa shape index (κ3) is 3.88. The van der Waals surface area contributed by atoms with Crippen LogP contribution < -0.4 is 10.6 Å². The number of ether oxygens (including phenoxy) is 1. The Bertz CT molecular complexity index is 811. The second kappa shape index (κ2) is 7.21. The Morgan fingerprint density at radius 3 is 2.40 bits per heavy atom. The maximum Gasteiger partial charge on any atom is 0.338 e. The Labute approximate surface area is 146 Å². The van der Waals surface area contributed by atoms with Gasteiger partial charge in [0.15, 0.2) is 0 Å². The average Bonchev–Trinajstić information content (AvgIpc) is 2.60. The summed E-state index contributed by atoms with van der Waals surface area (Å²) in [6.07, 6.45) is 0. The largest absolute Gasteiger partial charge is 0.457 e. The molecule has 5 nitrogen and oxygen atoms in total. The number of hydrogen-bond acceptors (Lipinski definition) is 3. The van der Waals surface area contributed by atoms with Gasteiger partial charge in [-0.1, -0.05) is 60.2 Å². The first-order valence-corrected chi connectivity index (χ1v) is 8.10. The molecular weight excluding hydrogens is 316 g/mol. The van der Waals surface area contributed by atoms with Crippen molar-refractivity contribution in [2.45, 2.75) is 26.5 Å². The molecule has 128 valence electrons. The molecule has 25 heavy (non-hydrogen) atoms. The average molecular weight is 336 g/mol. The normalized spacial score (nSPS) is 16.9. The molecule has 2 N–H and O–H groups in total. The molecular formula is C20H20N2O3. The van der Waals surface area contributed by atoms with E-state index in [1.807, 2.05) is 61.5 Å². The number of hydrogen-bond donors (Lipinski definition) is 2. The summed E-state index contributed by atoms with van der Waals surface area (Å²) in [5, 5.41) is 5.45. The Morgan fingerprint density at radius 2 is 1.72 bits per heavy atom. The van der Waals surface area contributed by atoms with Gasteiger partial charge in [0.2, 0.25) is 0 Å². The second-order valence-electron chi connectivity index (χ2n) is 6.04. The molecule has 1 heterocycles. The van der Waals surface area contributed by atoms with E-state index in [0.717, 1.165) is 16.7 Å². The molecule has 0 aliphatic carbocycles. The minimum Gasteiger partial charge on any atom is -0.457 e. The molecule has 3 rings (SSSR count). The summed E-state index contributed by atoms with van der Waals surface area (Å²) in [5.41, 5.74) is 3.78. The molecule has 0 unspecified atom stereocenters. The van der Waals surface area contributed by atoms with Crippen LogP contribution in [0.2, 0.25) is 0 Å². The van der Waals surface area contributed by atoms with Crippen molar-refractivity contribution in [3.05, 3.63) is 82.6 Å².